The molecule has 0 aliphatic carbocycles. The summed E-state index contributed by atoms with van der Waals surface area (Å²) in [6.07, 6.45) is 0. The smallest absolute Gasteiger partial charge is 0.302 e. The van der Waals surface area contributed by atoms with Crippen LogP contribution in [-0.4, -0.2) is 20.9 Å². The fourth-order valence-corrected chi connectivity index (χ4v) is 2.63. The van der Waals surface area contributed by atoms with Gasteiger partial charge in [-0.2, -0.15) is 18.4 Å². The number of benzene rings is 2. The minimum Gasteiger partial charge on any atom is -0.479 e. The highest BCUT2D eigenvalue weighted by Crippen LogP contribution is 2.22. The molecular weight excluding hydrogens is 326 g/mol. The van der Waals surface area contributed by atoms with Gasteiger partial charge in [0.25, 0.3) is 10.0 Å². The first-order valence-electron chi connectivity index (χ1n) is 6.30. The number of amidine groups is 1. The van der Waals surface area contributed by atoms with Crippen molar-refractivity contribution < 1.29 is 18.3 Å². The minimum atomic E-state index is -3.69. The first kappa shape index (κ1) is 16.1. The van der Waals surface area contributed by atoms with Crippen molar-refractivity contribution in [3.8, 4) is 5.75 Å². The van der Waals surface area contributed by atoms with Crippen molar-refractivity contribution in [3.63, 3.8) is 0 Å². The molecule has 0 fully saturated rings. The lowest BCUT2D eigenvalue weighted by Crippen LogP contribution is -2.86. The molecule has 0 aromatic heterocycles. The molecule has 0 saturated carbocycles. The van der Waals surface area contributed by atoms with Crippen LogP contribution in [0.3, 0.4) is 0 Å². The molecule has 0 spiro atoms. The van der Waals surface area contributed by atoms with E-state index in [0.29, 0.717) is 10.8 Å². The summed E-state index contributed by atoms with van der Waals surface area (Å²) in [5, 5.41) is 2.84. The molecule has 8 heteroatoms. The van der Waals surface area contributed by atoms with Gasteiger partial charge in [-0.3, -0.25) is 5.73 Å². The summed E-state index contributed by atoms with van der Waals surface area (Å²) >= 11 is 5.93. The van der Waals surface area contributed by atoms with Crippen LogP contribution in [0.15, 0.2) is 59.5 Å². The van der Waals surface area contributed by atoms with Crippen molar-refractivity contribution in [2.75, 3.05) is 6.61 Å². The minimum absolute atomic E-state index is 0.0406. The average Bonchev–Trinajstić information content (AvgIpc) is 2.53. The first-order chi connectivity index (χ1) is 10.5. The largest absolute Gasteiger partial charge is 0.479 e. The number of para-hydroxylation sites is 1. The van der Waals surface area contributed by atoms with Crippen LogP contribution in [-0.2, 0) is 10.0 Å². The maximum atomic E-state index is 12.0. The van der Waals surface area contributed by atoms with Gasteiger partial charge in [-0.15, -0.1) is 0 Å². The molecule has 0 amide bonds. The number of ether oxygens (including phenoxy) is 1. The molecule has 2 aromatic rings. The third kappa shape index (κ3) is 4.37. The lowest BCUT2D eigenvalue weighted by atomic mass is 10.3. The Hall–Kier alpha value is -2.25. The van der Waals surface area contributed by atoms with E-state index < -0.39 is 10.0 Å². The summed E-state index contributed by atoms with van der Waals surface area (Å²) in [4.78, 5) is 2.30. The zero-order valence-corrected chi connectivity index (χ0v) is 13.1. The number of nitrogens with one attached hydrogen (secondary N) is 2. The quantitative estimate of drug-likeness (QED) is 0.393. The number of halogens is 1. The monoisotopic (exact) mass is 340 g/mol. The zero-order valence-electron chi connectivity index (χ0n) is 11.5. The second-order valence-corrected chi connectivity index (χ2v) is 6.38. The van der Waals surface area contributed by atoms with Crippen LogP contribution in [0.5, 0.6) is 5.75 Å². The molecule has 6 nitrogen and oxygen atoms in total. The van der Waals surface area contributed by atoms with Gasteiger partial charge in [-0.25, -0.2) is 0 Å². The molecule has 0 unspecified atom stereocenters. The molecule has 2 rings (SSSR count). The Morgan fingerprint density at radius 3 is 2.45 bits per heavy atom. The summed E-state index contributed by atoms with van der Waals surface area (Å²) in [6, 6.07) is 14.8. The molecular formula is C14H15ClN3O3S+. The van der Waals surface area contributed by atoms with Crippen molar-refractivity contribution in [1.29, 1.82) is 0 Å². The summed E-state index contributed by atoms with van der Waals surface area (Å²) in [6.45, 7) is -0.0406. The second kappa shape index (κ2) is 7.15. The van der Waals surface area contributed by atoms with Gasteiger partial charge in [-0.05, 0) is 24.3 Å². The predicted molar refractivity (Wildman–Crippen MR) is 83.9 cm³/mol. The van der Waals surface area contributed by atoms with E-state index in [1.54, 1.807) is 42.5 Å². The standard InChI is InChI=1S/C14H14ClN3O3S/c15-12-8-4-5-9-13(12)21-10-14(16)17-18-22(19,20)11-6-2-1-3-7-11/h1-9,18H,10H2,(H2,16,17)/p+1. The van der Waals surface area contributed by atoms with E-state index in [1.165, 1.54) is 12.1 Å². The molecule has 2 aromatic carbocycles. The number of nitrogens with two attached hydrogens (primary N) is 1. The topological polar surface area (TPSA) is 95.4 Å². The lowest BCUT2D eigenvalue weighted by Gasteiger charge is -2.05. The van der Waals surface area contributed by atoms with Crippen molar-refractivity contribution in [2.45, 2.75) is 4.90 Å². The average molecular weight is 341 g/mol. The summed E-state index contributed by atoms with van der Waals surface area (Å²) in [7, 11) is -3.69. The SMILES string of the molecule is NC(COc1ccccc1Cl)=[NH+]NS(=O)(=O)c1ccccc1. The van der Waals surface area contributed by atoms with Crippen LogP contribution in [0.4, 0.5) is 0 Å². The number of hydrogen-bond acceptors (Lipinski definition) is 3. The maximum absolute atomic E-state index is 12.0. The fourth-order valence-electron chi connectivity index (χ4n) is 1.54. The highest BCUT2D eigenvalue weighted by molar-refractivity contribution is 7.89. The Balaban J connectivity index is 1.97. The molecule has 0 bridgehead atoms. The summed E-state index contributed by atoms with van der Waals surface area (Å²) < 4.78 is 29.3. The van der Waals surface area contributed by atoms with E-state index in [-0.39, 0.29) is 17.3 Å². The number of hydrogen-bond donors (Lipinski definition) is 3. The third-order valence-corrected chi connectivity index (χ3v) is 4.20. The third-order valence-electron chi connectivity index (χ3n) is 2.62. The highest BCUT2D eigenvalue weighted by atomic mass is 35.5. The van der Waals surface area contributed by atoms with Crippen molar-refractivity contribution in [1.82, 2.24) is 4.83 Å². The lowest BCUT2D eigenvalue weighted by molar-refractivity contribution is -0.501. The van der Waals surface area contributed by atoms with Crippen LogP contribution in [0.2, 0.25) is 5.02 Å². The molecule has 0 saturated heterocycles. The predicted octanol–water partition coefficient (Wildman–Crippen LogP) is 0.0501. The van der Waals surface area contributed by atoms with Gasteiger partial charge in [0.2, 0.25) is 0 Å². The van der Waals surface area contributed by atoms with Gasteiger partial charge in [-0.1, -0.05) is 41.9 Å². The van der Waals surface area contributed by atoms with Crippen molar-refractivity contribution in [3.05, 3.63) is 59.6 Å². The van der Waals surface area contributed by atoms with Gasteiger partial charge >= 0.3 is 5.84 Å². The molecule has 0 aliphatic rings. The number of sulfonamides is 1. The summed E-state index contributed by atoms with van der Waals surface area (Å²) in [5.74, 6) is 0.555. The van der Waals surface area contributed by atoms with Gasteiger partial charge in [0.1, 0.15) is 5.75 Å². The number of hydrazone groups is 1. The van der Waals surface area contributed by atoms with Crippen molar-refractivity contribution >= 4 is 27.5 Å². The van der Waals surface area contributed by atoms with Gasteiger partial charge in [0.05, 0.1) is 9.92 Å². The van der Waals surface area contributed by atoms with E-state index >= 15 is 0 Å². The number of hydrazine groups is 1. The zero-order chi connectivity index (χ0) is 16.0. The molecule has 0 atom stereocenters. The normalized spacial score (nSPS) is 12.0. The van der Waals surface area contributed by atoms with Gasteiger partial charge < -0.3 is 4.74 Å². The van der Waals surface area contributed by atoms with Crippen LogP contribution in [0.1, 0.15) is 0 Å². The Morgan fingerprint density at radius 1 is 1.14 bits per heavy atom. The Bertz CT molecular complexity index is 764. The molecule has 4 N–H and O–H groups in total. The van der Waals surface area contributed by atoms with E-state index in [1.807, 2.05) is 0 Å². The molecule has 22 heavy (non-hydrogen) atoms. The van der Waals surface area contributed by atoms with Gasteiger partial charge in [0.15, 0.2) is 6.61 Å². The van der Waals surface area contributed by atoms with Crippen LogP contribution in [0, 0.1) is 0 Å². The van der Waals surface area contributed by atoms with Crippen LogP contribution < -0.4 is 20.4 Å². The van der Waals surface area contributed by atoms with E-state index in [9.17, 15) is 8.42 Å². The van der Waals surface area contributed by atoms with E-state index in [0.717, 1.165) is 0 Å². The maximum Gasteiger partial charge on any atom is 0.302 e. The van der Waals surface area contributed by atoms with Crippen molar-refractivity contribution in [2.24, 2.45) is 5.73 Å². The second-order valence-electron chi connectivity index (χ2n) is 4.29. The molecule has 0 aliphatic heterocycles. The van der Waals surface area contributed by atoms with Gasteiger partial charge in [0, 0.05) is 0 Å². The molecule has 0 radical (unpaired) electrons. The molecule has 0 heterocycles. The number of rotatable bonds is 6. The summed E-state index contributed by atoms with van der Waals surface area (Å²) in [5.41, 5.74) is 5.67. The Morgan fingerprint density at radius 2 is 1.77 bits per heavy atom. The van der Waals surface area contributed by atoms with Crippen LogP contribution in [0.25, 0.3) is 0 Å². The van der Waals surface area contributed by atoms with E-state index in [2.05, 4.69) is 9.93 Å². The highest BCUT2D eigenvalue weighted by Gasteiger charge is 2.14. The van der Waals surface area contributed by atoms with Crippen LogP contribution >= 0.6 is 11.6 Å². The van der Waals surface area contributed by atoms with E-state index in [4.69, 9.17) is 22.1 Å². The Labute approximate surface area is 133 Å². The molecule has 116 valence electrons. The first-order valence-corrected chi connectivity index (χ1v) is 8.16. The fraction of sp³-hybridized carbons (Fsp3) is 0.0714. The Kier molecular flexibility index (Phi) is 5.24.